The summed E-state index contributed by atoms with van der Waals surface area (Å²) in [5, 5.41) is 3.63. The standard InChI is InChI=1S/C22H27N/c1-2-23-21-15-14-17-9-4-6-12-19(17)22(21)20-13-7-10-16-8-3-5-11-18(16)20/h7,10,13-15,23H,2-6,8-9,11-12H2,1H3. The molecule has 0 unspecified atom stereocenters. The molecule has 0 heterocycles. The summed E-state index contributed by atoms with van der Waals surface area (Å²) in [6.45, 7) is 3.19. The van der Waals surface area contributed by atoms with Crippen LogP contribution in [0.1, 0.15) is 54.9 Å². The van der Waals surface area contributed by atoms with E-state index in [0.717, 1.165) is 6.54 Å². The van der Waals surface area contributed by atoms with Crippen LogP contribution in [0.2, 0.25) is 0 Å². The highest BCUT2D eigenvalue weighted by Crippen LogP contribution is 2.41. The van der Waals surface area contributed by atoms with Crippen LogP contribution in [0.3, 0.4) is 0 Å². The third kappa shape index (κ3) is 2.67. The lowest BCUT2D eigenvalue weighted by atomic mass is 9.80. The zero-order valence-electron chi connectivity index (χ0n) is 14.3. The molecule has 2 aromatic rings. The first-order valence-corrected chi connectivity index (χ1v) is 9.38. The molecule has 0 spiro atoms. The summed E-state index contributed by atoms with van der Waals surface area (Å²) in [7, 11) is 0. The molecule has 0 amide bonds. The van der Waals surface area contributed by atoms with E-state index in [1.54, 1.807) is 22.3 Å². The van der Waals surface area contributed by atoms with Gasteiger partial charge >= 0.3 is 0 Å². The minimum Gasteiger partial charge on any atom is -0.385 e. The first-order valence-electron chi connectivity index (χ1n) is 9.38. The third-order valence-corrected chi connectivity index (χ3v) is 5.57. The van der Waals surface area contributed by atoms with E-state index in [1.165, 1.54) is 68.2 Å². The van der Waals surface area contributed by atoms with Crippen LogP contribution < -0.4 is 5.32 Å². The lowest BCUT2D eigenvalue weighted by Crippen LogP contribution is -2.11. The SMILES string of the molecule is CCNc1ccc2c(c1-c1cccc3c1CCCC3)CCCC2. The van der Waals surface area contributed by atoms with E-state index in [1.807, 2.05) is 0 Å². The van der Waals surface area contributed by atoms with E-state index >= 15 is 0 Å². The Kier molecular flexibility index (Phi) is 4.11. The molecule has 0 aromatic heterocycles. The van der Waals surface area contributed by atoms with Gasteiger partial charge in [0.05, 0.1) is 0 Å². The topological polar surface area (TPSA) is 12.0 Å². The van der Waals surface area contributed by atoms with Gasteiger partial charge in [-0.1, -0.05) is 24.3 Å². The van der Waals surface area contributed by atoms with Gasteiger partial charge in [0.1, 0.15) is 0 Å². The molecule has 2 aromatic carbocycles. The van der Waals surface area contributed by atoms with Crippen molar-refractivity contribution in [2.75, 3.05) is 11.9 Å². The molecule has 1 nitrogen and oxygen atoms in total. The zero-order chi connectivity index (χ0) is 15.6. The van der Waals surface area contributed by atoms with Crippen LogP contribution >= 0.6 is 0 Å². The minimum atomic E-state index is 0.987. The second-order valence-electron chi connectivity index (χ2n) is 7.01. The first-order chi connectivity index (χ1) is 11.4. The second kappa shape index (κ2) is 6.39. The zero-order valence-corrected chi connectivity index (χ0v) is 14.3. The van der Waals surface area contributed by atoms with E-state index < -0.39 is 0 Å². The van der Waals surface area contributed by atoms with Crippen molar-refractivity contribution in [3.63, 3.8) is 0 Å². The molecule has 2 aliphatic carbocycles. The van der Waals surface area contributed by atoms with Crippen LogP contribution in [0.4, 0.5) is 5.69 Å². The molecule has 0 radical (unpaired) electrons. The predicted octanol–water partition coefficient (Wildman–Crippen LogP) is 5.54. The van der Waals surface area contributed by atoms with E-state index in [9.17, 15) is 0 Å². The molecule has 23 heavy (non-hydrogen) atoms. The molecule has 0 atom stereocenters. The van der Waals surface area contributed by atoms with Crippen LogP contribution in [-0.2, 0) is 25.7 Å². The number of fused-ring (bicyclic) bond motifs is 2. The molecular weight excluding hydrogens is 278 g/mol. The Morgan fingerprint density at radius 2 is 1.48 bits per heavy atom. The van der Waals surface area contributed by atoms with Gasteiger partial charge in [0.2, 0.25) is 0 Å². The highest BCUT2D eigenvalue weighted by molar-refractivity contribution is 5.84. The normalized spacial score (nSPS) is 16.6. The van der Waals surface area contributed by atoms with Crippen molar-refractivity contribution in [1.29, 1.82) is 0 Å². The molecule has 0 saturated carbocycles. The molecule has 0 fully saturated rings. The smallest absolute Gasteiger partial charge is 0.0422 e. The maximum Gasteiger partial charge on any atom is 0.0422 e. The van der Waals surface area contributed by atoms with E-state index in [0.29, 0.717) is 0 Å². The third-order valence-electron chi connectivity index (χ3n) is 5.57. The summed E-state index contributed by atoms with van der Waals surface area (Å²) in [4.78, 5) is 0. The molecule has 4 rings (SSSR count). The van der Waals surface area contributed by atoms with Gasteiger partial charge in [0.25, 0.3) is 0 Å². The van der Waals surface area contributed by atoms with Crippen LogP contribution in [0.5, 0.6) is 0 Å². The van der Waals surface area contributed by atoms with Crippen molar-refractivity contribution in [3.05, 3.63) is 52.6 Å². The fourth-order valence-corrected chi connectivity index (χ4v) is 4.49. The Hall–Kier alpha value is -1.76. The lowest BCUT2D eigenvalue weighted by molar-refractivity contribution is 0.681. The number of rotatable bonds is 3. The van der Waals surface area contributed by atoms with E-state index in [4.69, 9.17) is 0 Å². The van der Waals surface area contributed by atoms with Crippen LogP contribution in [0.15, 0.2) is 30.3 Å². The maximum atomic E-state index is 3.63. The summed E-state index contributed by atoms with van der Waals surface area (Å²) in [6, 6.07) is 11.7. The van der Waals surface area contributed by atoms with Crippen molar-refractivity contribution >= 4 is 5.69 Å². The van der Waals surface area contributed by atoms with Crippen LogP contribution in [0.25, 0.3) is 11.1 Å². The summed E-state index contributed by atoms with van der Waals surface area (Å²) in [5.74, 6) is 0. The quantitative estimate of drug-likeness (QED) is 0.784. The van der Waals surface area contributed by atoms with Gasteiger partial charge in [-0.15, -0.1) is 0 Å². The van der Waals surface area contributed by atoms with Crippen LogP contribution in [0, 0.1) is 0 Å². The van der Waals surface area contributed by atoms with Gasteiger partial charge in [-0.2, -0.15) is 0 Å². The van der Waals surface area contributed by atoms with Crippen molar-refractivity contribution in [2.45, 2.75) is 58.3 Å². The Morgan fingerprint density at radius 3 is 2.26 bits per heavy atom. The average molecular weight is 305 g/mol. The van der Waals surface area contributed by atoms with Crippen LogP contribution in [-0.4, -0.2) is 6.54 Å². The average Bonchev–Trinajstić information content (AvgIpc) is 2.61. The Bertz CT molecular complexity index is 714. The molecule has 1 heteroatoms. The molecule has 0 bridgehead atoms. The molecule has 2 aliphatic rings. The summed E-state index contributed by atoms with van der Waals surface area (Å²) < 4.78 is 0. The fraction of sp³-hybridized carbons (Fsp3) is 0.455. The van der Waals surface area contributed by atoms with Crippen molar-refractivity contribution in [2.24, 2.45) is 0 Å². The lowest BCUT2D eigenvalue weighted by Gasteiger charge is -2.26. The van der Waals surface area contributed by atoms with Gasteiger partial charge in [-0.05, 0) is 92.2 Å². The monoisotopic (exact) mass is 305 g/mol. The van der Waals surface area contributed by atoms with E-state index in [2.05, 4.69) is 42.6 Å². The molecule has 0 aliphatic heterocycles. The molecule has 0 saturated heterocycles. The highest BCUT2D eigenvalue weighted by atomic mass is 14.9. The number of aryl methyl sites for hydroxylation is 2. The Balaban J connectivity index is 1.94. The molecule has 1 N–H and O–H groups in total. The largest absolute Gasteiger partial charge is 0.385 e. The Morgan fingerprint density at radius 1 is 0.783 bits per heavy atom. The summed E-state index contributed by atoms with van der Waals surface area (Å²) >= 11 is 0. The number of benzene rings is 2. The van der Waals surface area contributed by atoms with Crippen molar-refractivity contribution in [1.82, 2.24) is 0 Å². The van der Waals surface area contributed by atoms with E-state index in [-0.39, 0.29) is 0 Å². The van der Waals surface area contributed by atoms with Crippen molar-refractivity contribution < 1.29 is 0 Å². The Labute approximate surface area is 140 Å². The van der Waals surface area contributed by atoms with Gasteiger partial charge in [-0.3, -0.25) is 0 Å². The fourth-order valence-electron chi connectivity index (χ4n) is 4.49. The maximum absolute atomic E-state index is 3.63. The van der Waals surface area contributed by atoms with Gasteiger partial charge < -0.3 is 5.32 Å². The second-order valence-corrected chi connectivity index (χ2v) is 7.01. The van der Waals surface area contributed by atoms with Gasteiger partial charge in [0, 0.05) is 17.8 Å². The highest BCUT2D eigenvalue weighted by Gasteiger charge is 2.21. The first kappa shape index (κ1) is 14.8. The number of hydrogen-bond donors (Lipinski definition) is 1. The van der Waals surface area contributed by atoms with Gasteiger partial charge in [-0.25, -0.2) is 0 Å². The number of nitrogens with one attached hydrogen (secondary N) is 1. The number of anilines is 1. The van der Waals surface area contributed by atoms with Gasteiger partial charge in [0.15, 0.2) is 0 Å². The van der Waals surface area contributed by atoms with Crippen molar-refractivity contribution in [3.8, 4) is 11.1 Å². The summed E-state index contributed by atoms with van der Waals surface area (Å²) in [5.41, 5.74) is 10.8. The minimum absolute atomic E-state index is 0.987. The summed E-state index contributed by atoms with van der Waals surface area (Å²) in [6.07, 6.45) is 10.4. The number of hydrogen-bond acceptors (Lipinski definition) is 1. The molecular formula is C22H27N. The predicted molar refractivity (Wildman–Crippen MR) is 99.3 cm³/mol. The molecule has 120 valence electrons.